The summed E-state index contributed by atoms with van der Waals surface area (Å²) in [4.78, 5) is 0. The fourth-order valence-electron chi connectivity index (χ4n) is 0.418. The van der Waals surface area contributed by atoms with Gasteiger partial charge in [-0.05, 0) is 11.7 Å². The number of halogens is 2. The van der Waals surface area contributed by atoms with E-state index in [1.807, 2.05) is 17.8 Å². The van der Waals surface area contributed by atoms with E-state index in [4.69, 9.17) is 23.2 Å². The fourth-order valence-corrected chi connectivity index (χ4v) is 1.74. The SMILES string of the molecule is CC(CCl)CSC/C=C/Cl. The van der Waals surface area contributed by atoms with E-state index in [1.165, 1.54) is 0 Å². The molecule has 0 aromatic heterocycles. The van der Waals surface area contributed by atoms with Gasteiger partial charge in [-0.3, -0.25) is 0 Å². The molecule has 0 aliphatic carbocycles. The van der Waals surface area contributed by atoms with Crippen molar-refractivity contribution in [3.05, 3.63) is 11.6 Å². The Labute approximate surface area is 77.0 Å². The number of alkyl halides is 1. The summed E-state index contributed by atoms with van der Waals surface area (Å²) in [5, 5.41) is 0. The van der Waals surface area contributed by atoms with Crippen molar-refractivity contribution >= 4 is 35.0 Å². The smallest absolute Gasteiger partial charge is 0.0257 e. The summed E-state index contributed by atoms with van der Waals surface area (Å²) in [7, 11) is 0. The van der Waals surface area contributed by atoms with E-state index in [2.05, 4.69) is 6.92 Å². The summed E-state index contributed by atoms with van der Waals surface area (Å²) in [6, 6.07) is 0. The van der Waals surface area contributed by atoms with Gasteiger partial charge in [-0.25, -0.2) is 0 Å². The second-order valence-electron chi connectivity index (χ2n) is 2.16. The molecular formula is C7H12Cl2S. The first-order valence-electron chi connectivity index (χ1n) is 3.20. The molecule has 0 bridgehead atoms. The predicted molar refractivity (Wildman–Crippen MR) is 52.2 cm³/mol. The summed E-state index contributed by atoms with van der Waals surface area (Å²) in [6.07, 6.45) is 1.94. The van der Waals surface area contributed by atoms with Crippen LogP contribution in [0.15, 0.2) is 11.6 Å². The molecule has 0 heterocycles. The molecule has 0 spiro atoms. The lowest BCUT2D eigenvalue weighted by atomic mass is 10.3. The number of hydrogen-bond donors (Lipinski definition) is 0. The number of hydrogen-bond acceptors (Lipinski definition) is 1. The lowest BCUT2D eigenvalue weighted by molar-refractivity contribution is 0.759. The Balaban J connectivity index is 3.03. The molecule has 1 atom stereocenters. The lowest BCUT2D eigenvalue weighted by Crippen LogP contribution is -1.99. The molecule has 0 aromatic rings. The van der Waals surface area contributed by atoms with Crippen LogP contribution >= 0.6 is 35.0 Å². The third-order valence-corrected chi connectivity index (χ3v) is 2.91. The molecule has 1 unspecified atom stereocenters. The lowest BCUT2D eigenvalue weighted by Gasteiger charge is -2.03. The van der Waals surface area contributed by atoms with E-state index in [-0.39, 0.29) is 0 Å². The normalized spacial score (nSPS) is 14.3. The topological polar surface area (TPSA) is 0 Å². The molecule has 0 amide bonds. The highest BCUT2D eigenvalue weighted by Gasteiger charge is 1.97. The van der Waals surface area contributed by atoms with Crippen LogP contribution in [0, 0.1) is 5.92 Å². The van der Waals surface area contributed by atoms with Gasteiger partial charge in [0.15, 0.2) is 0 Å². The van der Waals surface area contributed by atoms with Gasteiger partial charge >= 0.3 is 0 Å². The van der Waals surface area contributed by atoms with E-state index >= 15 is 0 Å². The average molecular weight is 199 g/mol. The Kier molecular flexibility index (Phi) is 8.29. The Hall–Kier alpha value is 0.670. The summed E-state index contributed by atoms with van der Waals surface area (Å²) in [5.74, 6) is 3.46. The third kappa shape index (κ3) is 6.79. The van der Waals surface area contributed by atoms with Crippen LogP contribution < -0.4 is 0 Å². The molecule has 60 valence electrons. The molecule has 3 heteroatoms. The highest BCUT2D eigenvalue weighted by atomic mass is 35.5. The van der Waals surface area contributed by atoms with Crippen LogP contribution in [0.2, 0.25) is 0 Å². The molecule has 0 saturated heterocycles. The van der Waals surface area contributed by atoms with Crippen molar-refractivity contribution in [1.29, 1.82) is 0 Å². The maximum absolute atomic E-state index is 5.61. The third-order valence-electron chi connectivity index (χ3n) is 0.969. The fraction of sp³-hybridized carbons (Fsp3) is 0.714. The highest BCUT2D eigenvalue weighted by molar-refractivity contribution is 7.99. The van der Waals surface area contributed by atoms with Crippen molar-refractivity contribution in [3.63, 3.8) is 0 Å². The molecule has 0 radical (unpaired) electrons. The van der Waals surface area contributed by atoms with Gasteiger partial charge in [-0.1, -0.05) is 24.6 Å². The summed E-state index contributed by atoms with van der Waals surface area (Å²) in [6.45, 7) is 2.14. The zero-order valence-electron chi connectivity index (χ0n) is 6.02. The monoisotopic (exact) mass is 198 g/mol. The zero-order valence-corrected chi connectivity index (χ0v) is 8.35. The van der Waals surface area contributed by atoms with Crippen molar-refractivity contribution in [2.75, 3.05) is 17.4 Å². The van der Waals surface area contributed by atoms with Crippen molar-refractivity contribution < 1.29 is 0 Å². The number of thioether (sulfide) groups is 1. The van der Waals surface area contributed by atoms with E-state index in [1.54, 1.807) is 5.54 Å². The first-order valence-corrected chi connectivity index (χ1v) is 5.32. The minimum absolute atomic E-state index is 0.607. The molecule has 0 N–H and O–H groups in total. The molecule has 10 heavy (non-hydrogen) atoms. The highest BCUT2D eigenvalue weighted by Crippen LogP contribution is 2.09. The van der Waals surface area contributed by atoms with Crippen LogP contribution in [0.1, 0.15) is 6.92 Å². The van der Waals surface area contributed by atoms with Crippen molar-refractivity contribution in [3.8, 4) is 0 Å². The van der Waals surface area contributed by atoms with Crippen LogP contribution in [-0.4, -0.2) is 17.4 Å². The summed E-state index contributed by atoms with van der Waals surface area (Å²) < 4.78 is 0. The largest absolute Gasteiger partial charge is 0.157 e. The van der Waals surface area contributed by atoms with Gasteiger partial charge in [0, 0.05) is 17.2 Å². The van der Waals surface area contributed by atoms with Gasteiger partial charge < -0.3 is 0 Å². The zero-order chi connectivity index (χ0) is 7.82. The Morgan fingerprint density at radius 3 is 2.80 bits per heavy atom. The van der Waals surface area contributed by atoms with Gasteiger partial charge in [0.05, 0.1) is 0 Å². The van der Waals surface area contributed by atoms with Crippen LogP contribution in [0.5, 0.6) is 0 Å². The second-order valence-corrected chi connectivity index (χ2v) is 3.79. The number of rotatable bonds is 5. The molecular weight excluding hydrogens is 187 g/mol. The van der Waals surface area contributed by atoms with E-state index in [0.29, 0.717) is 5.92 Å². The van der Waals surface area contributed by atoms with Crippen molar-refractivity contribution in [1.82, 2.24) is 0 Å². The average Bonchev–Trinajstić information content (AvgIpc) is 1.98. The molecule has 0 nitrogen and oxygen atoms in total. The van der Waals surface area contributed by atoms with Crippen LogP contribution in [0.25, 0.3) is 0 Å². The first-order chi connectivity index (χ1) is 4.81. The van der Waals surface area contributed by atoms with Crippen LogP contribution in [-0.2, 0) is 0 Å². The van der Waals surface area contributed by atoms with Gasteiger partial charge in [0.2, 0.25) is 0 Å². The minimum atomic E-state index is 0.607. The van der Waals surface area contributed by atoms with Crippen molar-refractivity contribution in [2.45, 2.75) is 6.92 Å². The standard InChI is InChI=1S/C7H12Cl2S/c1-7(5-9)6-10-4-2-3-8/h2-3,7H,4-6H2,1H3/b3-2+. The van der Waals surface area contributed by atoms with Crippen LogP contribution in [0.3, 0.4) is 0 Å². The molecule has 0 saturated carbocycles. The molecule has 0 rings (SSSR count). The van der Waals surface area contributed by atoms with E-state index in [0.717, 1.165) is 17.4 Å². The van der Waals surface area contributed by atoms with Gasteiger partial charge in [0.1, 0.15) is 0 Å². The van der Waals surface area contributed by atoms with E-state index in [9.17, 15) is 0 Å². The molecule has 0 aromatic carbocycles. The quantitative estimate of drug-likeness (QED) is 0.483. The Morgan fingerprint density at radius 2 is 2.30 bits per heavy atom. The van der Waals surface area contributed by atoms with Gasteiger partial charge in [0.25, 0.3) is 0 Å². The second kappa shape index (κ2) is 7.77. The predicted octanol–water partition coefficient (Wildman–Crippen LogP) is 3.35. The molecule has 0 fully saturated rings. The molecule has 0 aliphatic heterocycles. The Morgan fingerprint density at radius 1 is 1.60 bits per heavy atom. The van der Waals surface area contributed by atoms with Crippen molar-refractivity contribution in [2.24, 2.45) is 5.92 Å². The van der Waals surface area contributed by atoms with Gasteiger partial charge in [-0.15, -0.1) is 11.6 Å². The first kappa shape index (κ1) is 10.7. The molecule has 0 aliphatic rings. The van der Waals surface area contributed by atoms with Gasteiger partial charge in [-0.2, -0.15) is 11.8 Å². The van der Waals surface area contributed by atoms with E-state index < -0.39 is 0 Å². The van der Waals surface area contributed by atoms with Crippen LogP contribution in [0.4, 0.5) is 0 Å². The Bertz CT molecular complexity index is 93.6. The maximum atomic E-state index is 5.61. The summed E-state index contributed by atoms with van der Waals surface area (Å²) in [5.41, 5.74) is 1.55. The summed E-state index contributed by atoms with van der Waals surface area (Å²) >= 11 is 12.8. The maximum Gasteiger partial charge on any atom is 0.0257 e. The minimum Gasteiger partial charge on any atom is -0.157 e.